The van der Waals surface area contributed by atoms with Gasteiger partial charge in [-0.1, -0.05) is 38.1 Å². The molecule has 0 aliphatic heterocycles. The van der Waals surface area contributed by atoms with Gasteiger partial charge in [0, 0.05) is 11.9 Å². The van der Waals surface area contributed by atoms with Crippen molar-refractivity contribution < 1.29 is 8.42 Å². The molecule has 116 valence electrons. The van der Waals surface area contributed by atoms with Gasteiger partial charge in [-0.2, -0.15) is 0 Å². The molecule has 1 N–H and O–H groups in total. The van der Waals surface area contributed by atoms with Crippen LogP contribution < -0.4 is 5.32 Å². The SMILES string of the molecule is CC1(C)CC(Nc2ccc(S(C)(=O)=O)cc2)c2ccccc21. The molecular formula is C18H21NO2S. The van der Waals surface area contributed by atoms with Gasteiger partial charge in [-0.15, -0.1) is 0 Å². The largest absolute Gasteiger partial charge is 0.378 e. The van der Waals surface area contributed by atoms with E-state index in [4.69, 9.17) is 0 Å². The lowest BCUT2D eigenvalue weighted by Gasteiger charge is -2.20. The number of hydrogen-bond acceptors (Lipinski definition) is 3. The van der Waals surface area contributed by atoms with Crippen molar-refractivity contribution in [3.8, 4) is 0 Å². The van der Waals surface area contributed by atoms with Gasteiger partial charge in [0.25, 0.3) is 0 Å². The van der Waals surface area contributed by atoms with Gasteiger partial charge in [-0.25, -0.2) is 8.42 Å². The third-order valence-corrected chi connectivity index (χ3v) is 5.53. The summed E-state index contributed by atoms with van der Waals surface area (Å²) in [5, 5.41) is 3.54. The maximum absolute atomic E-state index is 11.5. The molecule has 0 heterocycles. The lowest BCUT2D eigenvalue weighted by molar-refractivity contribution is 0.493. The number of rotatable bonds is 3. The zero-order valence-corrected chi connectivity index (χ0v) is 13.9. The molecule has 0 aromatic heterocycles. The van der Waals surface area contributed by atoms with Crippen LogP contribution in [0.1, 0.15) is 37.4 Å². The van der Waals surface area contributed by atoms with Crippen LogP contribution in [0, 0.1) is 0 Å². The van der Waals surface area contributed by atoms with Gasteiger partial charge in [0.15, 0.2) is 9.84 Å². The predicted octanol–water partition coefficient (Wildman–Crippen LogP) is 3.92. The second-order valence-corrected chi connectivity index (χ2v) is 8.68. The van der Waals surface area contributed by atoms with E-state index in [0.29, 0.717) is 4.90 Å². The van der Waals surface area contributed by atoms with Gasteiger partial charge >= 0.3 is 0 Å². The fourth-order valence-corrected chi connectivity index (χ4v) is 3.91. The predicted molar refractivity (Wildman–Crippen MR) is 90.0 cm³/mol. The lowest BCUT2D eigenvalue weighted by Crippen LogP contribution is -2.14. The minimum Gasteiger partial charge on any atom is -0.378 e. The molecule has 0 fully saturated rings. The van der Waals surface area contributed by atoms with E-state index in [-0.39, 0.29) is 11.5 Å². The van der Waals surface area contributed by atoms with Gasteiger partial charge < -0.3 is 5.32 Å². The molecule has 1 atom stereocenters. The molecular weight excluding hydrogens is 294 g/mol. The molecule has 0 amide bonds. The molecule has 1 unspecified atom stereocenters. The molecule has 0 spiro atoms. The summed E-state index contributed by atoms with van der Waals surface area (Å²) in [6, 6.07) is 15.8. The van der Waals surface area contributed by atoms with E-state index in [1.165, 1.54) is 17.4 Å². The van der Waals surface area contributed by atoms with Crippen molar-refractivity contribution in [2.75, 3.05) is 11.6 Å². The summed E-state index contributed by atoms with van der Waals surface area (Å²) in [5.74, 6) is 0. The molecule has 1 aliphatic carbocycles. The van der Waals surface area contributed by atoms with Gasteiger partial charge in [-0.3, -0.25) is 0 Å². The highest BCUT2D eigenvalue weighted by atomic mass is 32.2. The fourth-order valence-electron chi connectivity index (χ4n) is 3.28. The van der Waals surface area contributed by atoms with Gasteiger partial charge in [0.1, 0.15) is 0 Å². The molecule has 2 aromatic rings. The second-order valence-electron chi connectivity index (χ2n) is 6.67. The number of nitrogens with one attached hydrogen (secondary N) is 1. The molecule has 0 saturated heterocycles. The first kappa shape index (κ1) is 15.1. The second kappa shape index (κ2) is 5.13. The number of fused-ring (bicyclic) bond motifs is 1. The normalized spacial score (nSPS) is 19.7. The molecule has 3 nitrogen and oxygen atoms in total. The Bertz CT molecular complexity index is 792. The van der Waals surface area contributed by atoms with Crippen molar-refractivity contribution in [1.82, 2.24) is 0 Å². The lowest BCUT2D eigenvalue weighted by atomic mass is 9.86. The summed E-state index contributed by atoms with van der Waals surface area (Å²) in [6.45, 7) is 4.53. The Balaban J connectivity index is 1.86. The summed E-state index contributed by atoms with van der Waals surface area (Å²) in [5.41, 5.74) is 3.82. The zero-order chi connectivity index (χ0) is 16.0. The van der Waals surface area contributed by atoms with Crippen LogP contribution in [-0.4, -0.2) is 14.7 Å². The van der Waals surface area contributed by atoms with Crippen LogP contribution in [0.4, 0.5) is 5.69 Å². The van der Waals surface area contributed by atoms with Crippen molar-refractivity contribution in [2.24, 2.45) is 0 Å². The van der Waals surface area contributed by atoms with Gasteiger partial charge in [0.05, 0.1) is 10.9 Å². The molecule has 3 rings (SSSR count). The third kappa shape index (κ3) is 2.75. The first-order valence-corrected chi connectivity index (χ1v) is 9.32. The molecule has 0 saturated carbocycles. The van der Waals surface area contributed by atoms with E-state index in [9.17, 15) is 8.42 Å². The fraction of sp³-hybridized carbons (Fsp3) is 0.333. The Hall–Kier alpha value is -1.81. The first-order chi connectivity index (χ1) is 10.3. The quantitative estimate of drug-likeness (QED) is 0.933. The number of benzene rings is 2. The van der Waals surface area contributed by atoms with Crippen molar-refractivity contribution in [3.63, 3.8) is 0 Å². The number of sulfone groups is 1. The molecule has 0 bridgehead atoms. The van der Waals surface area contributed by atoms with Crippen molar-refractivity contribution in [1.29, 1.82) is 0 Å². The summed E-state index contributed by atoms with van der Waals surface area (Å²) in [7, 11) is -3.14. The topological polar surface area (TPSA) is 46.2 Å². The van der Waals surface area contributed by atoms with Crippen LogP contribution in [-0.2, 0) is 15.3 Å². The molecule has 4 heteroatoms. The smallest absolute Gasteiger partial charge is 0.175 e. The van der Waals surface area contributed by atoms with Crippen molar-refractivity contribution in [2.45, 2.75) is 36.6 Å². The Morgan fingerprint density at radius 2 is 1.68 bits per heavy atom. The maximum atomic E-state index is 11.5. The van der Waals surface area contributed by atoms with Gasteiger partial charge in [-0.05, 0) is 47.2 Å². The van der Waals surface area contributed by atoms with Crippen LogP contribution in [0.25, 0.3) is 0 Å². The summed E-state index contributed by atoms with van der Waals surface area (Å²) in [6.07, 6.45) is 2.26. The Morgan fingerprint density at radius 1 is 1.05 bits per heavy atom. The van der Waals surface area contributed by atoms with Crippen LogP contribution in [0.15, 0.2) is 53.4 Å². The minimum absolute atomic E-state index is 0.154. The summed E-state index contributed by atoms with van der Waals surface area (Å²) in [4.78, 5) is 0.352. The molecule has 1 aliphatic rings. The van der Waals surface area contributed by atoms with Crippen LogP contribution in [0.2, 0.25) is 0 Å². The molecule has 22 heavy (non-hydrogen) atoms. The van der Waals surface area contributed by atoms with E-state index in [1.807, 2.05) is 12.1 Å². The van der Waals surface area contributed by atoms with E-state index < -0.39 is 9.84 Å². The number of anilines is 1. The highest BCUT2D eigenvalue weighted by Crippen LogP contribution is 2.45. The average molecular weight is 315 g/mol. The Morgan fingerprint density at radius 3 is 2.32 bits per heavy atom. The van der Waals surface area contributed by atoms with E-state index in [2.05, 4.69) is 43.4 Å². The van der Waals surface area contributed by atoms with E-state index in [1.54, 1.807) is 12.1 Å². The highest BCUT2D eigenvalue weighted by molar-refractivity contribution is 7.90. The number of hydrogen-bond donors (Lipinski definition) is 1. The summed E-state index contributed by atoms with van der Waals surface area (Å²) < 4.78 is 23.0. The standard InChI is InChI=1S/C18H21NO2S/c1-18(2)12-17(15-6-4-5-7-16(15)18)19-13-8-10-14(11-9-13)22(3,20)21/h4-11,17,19H,12H2,1-3H3. The highest BCUT2D eigenvalue weighted by Gasteiger charge is 2.36. The molecule has 2 aromatic carbocycles. The average Bonchev–Trinajstić information content (AvgIpc) is 2.70. The first-order valence-electron chi connectivity index (χ1n) is 7.43. The Kier molecular flexibility index (Phi) is 3.52. The summed E-state index contributed by atoms with van der Waals surface area (Å²) >= 11 is 0. The van der Waals surface area contributed by atoms with Crippen LogP contribution in [0.3, 0.4) is 0 Å². The van der Waals surface area contributed by atoms with E-state index in [0.717, 1.165) is 12.1 Å². The van der Waals surface area contributed by atoms with Crippen molar-refractivity contribution in [3.05, 3.63) is 59.7 Å². The van der Waals surface area contributed by atoms with Gasteiger partial charge in [0.2, 0.25) is 0 Å². The Labute approximate surface area is 132 Å². The third-order valence-electron chi connectivity index (χ3n) is 4.40. The monoisotopic (exact) mass is 315 g/mol. The van der Waals surface area contributed by atoms with E-state index >= 15 is 0 Å². The molecule has 0 radical (unpaired) electrons. The maximum Gasteiger partial charge on any atom is 0.175 e. The van der Waals surface area contributed by atoms with Crippen LogP contribution in [0.5, 0.6) is 0 Å². The van der Waals surface area contributed by atoms with Crippen LogP contribution >= 0.6 is 0 Å². The zero-order valence-electron chi connectivity index (χ0n) is 13.1. The van der Waals surface area contributed by atoms with Crippen molar-refractivity contribution >= 4 is 15.5 Å². The minimum atomic E-state index is -3.14.